The Labute approximate surface area is 124 Å². The van der Waals surface area contributed by atoms with Gasteiger partial charge in [-0.1, -0.05) is 43.7 Å². The maximum atomic E-state index is 12.6. The number of benzene rings is 1. The molecule has 1 aromatic carbocycles. The van der Waals surface area contributed by atoms with Crippen molar-refractivity contribution < 1.29 is 9.53 Å². The van der Waals surface area contributed by atoms with Crippen molar-refractivity contribution in [1.29, 1.82) is 0 Å². The summed E-state index contributed by atoms with van der Waals surface area (Å²) in [5.41, 5.74) is 1.17. The summed E-state index contributed by atoms with van der Waals surface area (Å²) in [4.78, 5) is 14.6. The summed E-state index contributed by atoms with van der Waals surface area (Å²) in [7, 11) is 0.121. The van der Waals surface area contributed by atoms with Crippen molar-refractivity contribution in [3.63, 3.8) is 0 Å². The van der Waals surface area contributed by atoms with E-state index in [1.54, 1.807) is 0 Å². The Kier molecular flexibility index (Phi) is 5.49. The Hall–Kier alpha value is -1.000. The molecule has 1 aromatic rings. The van der Waals surface area contributed by atoms with E-state index in [1.807, 2.05) is 23.1 Å². The van der Waals surface area contributed by atoms with E-state index in [4.69, 9.17) is 4.74 Å². The van der Waals surface area contributed by atoms with Crippen LogP contribution in [0.3, 0.4) is 0 Å². The lowest BCUT2D eigenvalue weighted by molar-refractivity contribution is -0.135. The summed E-state index contributed by atoms with van der Waals surface area (Å²) < 4.78 is 5.88. The summed E-state index contributed by atoms with van der Waals surface area (Å²) in [6, 6.07) is 10.3. The second-order valence-corrected chi connectivity index (χ2v) is 7.69. The Morgan fingerprint density at radius 2 is 2.05 bits per heavy atom. The number of amides is 1. The van der Waals surface area contributed by atoms with Crippen LogP contribution in [0.25, 0.3) is 0 Å². The van der Waals surface area contributed by atoms with E-state index in [2.05, 4.69) is 31.6 Å². The van der Waals surface area contributed by atoms with Gasteiger partial charge < -0.3 is 9.64 Å². The molecule has 0 aliphatic carbocycles. The monoisotopic (exact) mass is 294 g/mol. The Morgan fingerprint density at radius 3 is 2.65 bits per heavy atom. The number of carbonyl (C=O) groups excluding carboxylic acids is 1. The van der Waals surface area contributed by atoms with E-state index in [0.29, 0.717) is 12.4 Å². The molecule has 0 saturated carbocycles. The van der Waals surface area contributed by atoms with Crippen LogP contribution in [-0.4, -0.2) is 41.9 Å². The number of carbonyl (C=O) groups is 1. The first-order valence-electron chi connectivity index (χ1n) is 7.15. The predicted octanol–water partition coefficient (Wildman–Crippen LogP) is 2.59. The maximum Gasteiger partial charge on any atom is 0.275 e. The van der Waals surface area contributed by atoms with Crippen LogP contribution in [-0.2, 0) is 20.4 Å². The first-order chi connectivity index (χ1) is 9.63. The van der Waals surface area contributed by atoms with E-state index in [-0.39, 0.29) is 29.1 Å². The second kappa shape index (κ2) is 7.14. The molecule has 110 valence electrons. The van der Waals surface area contributed by atoms with Crippen molar-refractivity contribution in [2.75, 3.05) is 24.9 Å². The molecule has 4 heteroatoms. The molecule has 20 heavy (non-hydrogen) atoms. The van der Waals surface area contributed by atoms with E-state index >= 15 is 0 Å². The van der Waals surface area contributed by atoms with Crippen LogP contribution in [0.1, 0.15) is 31.4 Å². The lowest BCUT2D eigenvalue weighted by Gasteiger charge is -2.27. The molecule has 1 aliphatic heterocycles. The second-order valence-electron chi connectivity index (χ2n) is 5.43. The SMILES string of the molecule is CCC[C@H]1OC[C@H](c2ccccc2)N1C(=O)C[S+](C)C. The van der Waals surface area contributed by atoms with Crippen LogP contribution in [0.15, 0.2) is 30.3 Å². The van der Waals surface area contributed by atoms with Gasteiger partial charge in [0.25, 0.3) is 5.91 Å². The third kappa shape index (κ3) is 3.55. The highest BCUT2D eigenvalue weighted by molar-refractivity contribution is 7.96. The molecule has 0 radical (unpaired) electrons. The van der Waals surface area contributed by atoms with E-state index < -0.39 is 0 Å². The van der Waals surface area contributed by atoms with Crippen molar-refractivity contribution in [2.24, 2.45) is 0 Å². The van der Waals surface area contributed by atoms with Crippen LogP contribution in [0.4, 0.5) is 0 Å². The highest BCUT2D eigenvalue weighted by atomic mass is 32.2. The van der Waals surface area contributed by atoms with Crippen LogP contribution >= 0.6 is 0 Å². The number of rotatable bonds is 5. The van der Waals surface area contributed by atoms with Crippen molar-refractivity contribution in [1.82, 2.24) is 4.90 Å². The standard InChI is InChI=1S/C16H24NO2S/c1-4-8-16-17(15(18)12-20(2)3)14(11-19-16)13-9-6-5-7-10-13/h5-7,9-10,14,16H,4,8,11-12H2,1-3H3/q+1/t14-,16-/m1/s1. The zero-order valence-corrected chi connectivity index (χ0v) is 13.4. The lowest BCUT2D eigenvalue weighted by Crippen LogP contribution is -2.41. The number of nitrogens with zero attached hydrogens (tertiary/aromatic N) is 1. The topological polar surface area (TPSA) is 29.5 Å². The number of ether oxygens (including phenoxy) is 1. The van der Waals surface area contributed by atoms with Crippen LogP contribution in [0, 0.1) is 0 Å². The van der Waals surface area contributed by atoms with Gasteiger partial charge in [-0.15, -0.1) is 0 Å². The minimum atomic E-state index is -0.0544. The first kappa shape index (κ1) is 15.4. The summed E-state index contributed by atoms with van der Waals surface area (Å²) in [6.07, 6.45) is 6.11. The van der Waals surface area contributed by atoms with Gasteiger partial charge in [0.05, 0.1) is 25.2 Å². The Bertz CT molecular complexity index is 435. The highest BCUT2D eigenvalue weighted by Gasteiger charge is 2.39. The minimum Gasteiger partial charge on any atom is -0.356 e. The van der Waals surface area contributed by atoms with E-state index in [9.17, 15) is 4.79 Å². The van der Waals surface area contributed by atoms with Gasteiger partial charge in [-0.25, -0.2) is 0 Å². The normalized spacial score (nSPS) is 22.5. The largest absolute Gasteiger partial charge is 0.356 e. The molecule has 2 atom stereocenters. The molecule has 0 unspecified atom stereocenters. The molecule has 0 N–H and O–H groups in total. The van der Waals surface area contributed by atoms with E-state index in [1.165, 1.54) is 5.56 Å². The van der Waals surface area contributed by atoms with Crippen molar-refractivity contribution >= 4 is 16.8 Å². The number of hydrogen-bond donors (Lipinski definition) is 0. The molecule has 0 bridgehead atoms. The summed E-state index contributed by atoms with van der Waals surface area (Å²) in [6.45, 7) is 2.74. The minimum absolute atomic E-state index is 0.0544. The molecule has 1 saturated heterocycles. The van der Waals surface area contributed by atoms with Gasteiger partial charge in [-0.2, -0.15) is 0 Å². The van der Waals surface area contributed by atoms with Crippen LogP contribution in [0.5, 0.6) is 0 Å². The molecule has 1 fully saturated rings. The summed E-state index contributed by atoms with van der Waals surface area (Å²) in [5, 5.41) is 0. The van der Waals surface area contributed by atoms with Crippen molar-refractivity contribution in [3.05, 3.63) is 35.9 Å². The molecule has 2 rings (SSSR count). The number of hydrogen-bond acceptors (Lipinski definition) is 2. The summed E-state index contributed by atoms with van der Waals surface area (Å²) in [5.74, 6) is 0.843. The zero-order valence-electron chi connectivity index (χ0n) is 12.5. The molecule has 1 amide bonds. The maximum absolute atomic E-state index is 12.6. The molecular weight excluding hydrogens is 270 g/mol. The quantitative estimate of drug-likeness (QED) is 0.781. The molecule has 0 spiro atoms. The van der Waals surface area contributed by atoms with Gasteiger partial charge >= 0.3 is 0 Å². The Morgan fingerprint density at radius 1 is 1.35 bits per heavy atom. The third-order valence-electron chi connectivity index (χ3n) is 3.51. The van der Waals surface area contributed by atoms with Gasteiger partial charge in [0, 0.05) is 0 Å². The molecule has 0 aromatic heterocycles. The van der Waals surface area contributed by atoms with Crippen LogP contribution in [0.2, 0.25) is 0 Å². The fourth-order valence-electron chi connectivity index (χ4n) is 2.62. The average Bonchev–Trinajstić information content (AvgIpc) is 2.83. The zero-order chi connectivity index (χ0) is 14.5. The molecule has 1 aliphatic rings. The smallest absolute Gasteiger partial charge is 0.275 e. The van der Waals surface area contributed by atoms with Gasteiger partial charge in [0.15, 0.2) is 5.75 Å². The van der Waals surface area contributed by atoms with Crippen LogP contribution < -0.4 is 0 Å². The van der Waals surface area contributed by atoms with Crippen molar-refractivity contribution in [2.45, 2.75) is 32.0 Å². The third-order valence-corrected chi connectivity index (χ3v) is 4.34. The molecule has 1 heterocycles. The van der Waals surface area contributed by atoms with Crippen molar-refractivity contribution in [3.8, 4) is 0 Å². The fourth-order valence-corrected chi connectivity index (χ4v) is 3.26. The average molecular weight is 294 g/mol. The van der Waals surface area contributed by atoms with Gasteiger partial charge in [0.2, 0.25) is 0 Å². The fraction of sp³-hybridized carbons (Fsp3) is 0.562. The lowest BCUT2D eigenvalue weighted by atomic mass is 10.1. The molecule has 3 nitrogen and oxygen atoms in total. The Balaban J connectivity index is 2.20. The highest BCUT2D eigenvalue weighted by Crippen LogP contribution is 2.32. The van der Waals surface area contributed by atoms with Gasteiger partial charge in [0.1, 0.15) is 6.23 Å². The van der Waals surface area contributed by atoms with Gasteiger partial charge in [-0.3, -0.25) is 4.79 Å². The summed E-state index contributed by atoms with van der Waals surface area (Å²) >= 11 is 0. The predicted molar refractivity (Wildman–Crippen MR) is 84.8 cm³/mol. The molecular formula is C16H24NO2S+. The van der Waals surface area contributed by atoms with Gasteiger partial charge in [-0.05, 0) is 22.9 Å². The first-order valence-corrected chi connectivity index (χ1v) is 9.36. The van der Waals surface area contributed by atoms with E-state index in [0.717, 1.165) is 12.8 Å².